The van der Waals surface area contributed by atoms with Gasteiger partial charge in [-0.3, -0.25) is 0 Å². The maximum Gasteiger partial charge on any atom is 0.0106 e. The summed E-state index contributed by atoms with van der Waals surface area (Å²) in [4.78, 5) is 4.64. The zero-order valence-electron chi connectivity index (χ0n) is 10.2. The second-order valence-electron chi connectivity index (χ2n) is 5.42. The third-order valence-corrected chi connectivity index (χ3v) is 2.17. The molecule has 0 amide bonds. The lowest BCUT2D eigenvalue weighted by Gasteiger charge is -2.24. The van der Waals surface area contributed by atoms with Crippen LogP contribution in [0.15, 0.2) is 0 Å². The molecule has 0 unspecified atom stereocenters. The van der Waals surface area contributed by atoms with Crippen molar-refractivity contribution in [3.63, 3.8) is 0 Å². The lowest BCUT2D eigenvalue weighted by atomic mass is 9.92. The predicted molar refractivity (Wildman–Crippen MR) is 60.1 cm³/mol. The molecule has 0 saturated carbocycles. The van der Waals surface area contributed by atoms with E-state index in [0.717, 1.165) is 6.54 Å². The fourth-order valence-corrected chi connectivity index (χ4v) is 1.01. The highest BCUT2D eigenvalue weighted by Crippen LogP contribution is 2.18. The van der Waals surface area contributed by atoms with Crippen LogP contribution in [0.4, 0.5) is 0 Å². The van der Waals surface area contributed by atoms with Crippen LogP contribution >= 0.6 is 0 Å². The highest BCUT2D eigenvalue weighted by atomic mass is 15.1. The van der Waals surface area contributed by atoms with E-state index in [0.29, 0.717) is 5.41 Å². The molecule has 0 radical (unpaired) electrons. The van der Waals surface area contributed by atoms with Crippen molar-refractivity contribution in [2.45, 2.75) is 27.2 Å². The standard InChI is InChI=1S/C11H26N2/c1-11(2,3)7-8-13(6)10-9-12(4)5/h7-10H2,1-6H3. The first-order valence-corrected chi connectivity index (χ1v) is 5.14. The van der Waals surface area contributed by atoms with Crippen LogP contribution in [0.1, 0.15) is 27.2 Å². The van der Waals surface area contributed by atoms with Gasteiger partial charge in [0.25, 0.3) is 0 Å². The van der Waals surface area contributed by atoms with Crippen molar-refractivity contribution in [2.75, 3.05) is 40.8 Å². The van der Waals surface area contributed by atoms with E-state index in [1.165, 1.54) is 19.5 Å². The van der Waals surface area contributed by atoms with Gasteiger partial charge in [-0.2, -0.15) is 0 Å². The predicted octanol–water partition coefficient (Wildman–Crippen LogP) is 1.92. The Morgan fingerprint density at radius 2 is 1.38 bits per heavy atom. The SMILES string of the molecule is CN(C)CCN(C)CCC(C)(C)C. The molecule has 0 spiro atoms. The van der Waals surface area contributed by atoms with Crippen LogP contribution in [0.5, 0.6) is 0 Å². The first-order chi connectivity index (χ1) is 5.81. The molecule has 80 valence electrons. The molecule has 0 atom stereocenters. The number of likely N-dealkylation sites (N-methyl/N-ethyl adjacent to an activating group) is 2. The molecule has 0 aromatic heterocycles. The number of rotatable bonds is 5. The Balaban J connectivity index is 3.46. The lowest BCUT2D eigenvalue weighted by Crippen LogP contribution is -2.30. The molecule has 0 aromatic carbocycles. The molecule has 0 saturated heterocycles. The molecule has 0 aliphatic carbocycles. The summed E-state index contributed by atoms with van der Waals surface area (Å²) in [6.45, 7) is 10.4. The molecule has 0 bridgehead atoms. The molecule has 13 heavy (non-hydrogen) atoms. The molecule has 0 aliphatic heterocycles. The highest BCUT2D eigenvalue weighted by molar-refractivity contribution is 4.64. The van der Waals surface area contributed by atoms with Gasteiger partial charge in [-0.1, -0.05) is 20.8 Å². The molecule has 0 fully saturated rings. The maximum atomic E-state index is 2.41. The van der Waals surface area contributed by atoms with Gasteiger partial charge in [0.1, 0.15) is 0 Å². The normalized spacial score (nSPS) is 12.9. The first kappa shape index (κ1) is 12.9. The molecule has 0 rings (SSSR count). The Morgan fingerprint density at radius 1 is 0.846 bits per heavy atom. The van der Waals surface area contributed by atoms with Gasteiger partial charge in [-0.15, -0.1) is 0 Å². The van der Waals surface area contributed by atoms with E-state index >= 15 is 0 Å². The zero-order valence-corrected chi connectivity index (χ0v) is 10.2. The van der Waals surface area contributed by atoms with Gasteiger partial charge in [-0.25, -0.2) is 0 Å². The van der Waals surface area contributed by atoms with E-state index in [1.807, 2.05) is 0 Å². The van der Waals surface area contributed by atoms with E-state index in [2.05, 4.69) is 51.7 Å². The van der Waals surface area contributed by atoms with Crippen molar-refractivity contribution in [1.29, 1.82) is 0 Å². The van der Waals surface area contributed by atoms with Gasteiger partial charge < -0.3 is 9.80 Å². The Labute approximate surface area is 83.9 Å². The highest BCUT2D eigenvalue weighted by Gasteiger charge is 2.10. The second-order valence-corrected chi connectivity index (χ2v) is 5.42. The van der Waals surface area contributed by atoms with Crippen LogP contribution in [0.3, 0.4) is 0 Å². The fourth-order valence-electron chi connectivity index (χ4n) is 1.01. The minimum absolute atomic E-state index is 0.465. The smallest absolute Gasteiger partial charge is 0.0106 e. The first-order valence-electron chi connectivity index (χ1n) is 5.14. The Bertz CT molecular complexity index is 125. The van der Waals surface area contributed by atoms with Gasteiger partial charge in [0, 0.05) is 13.1 Å². The van der Waals surface area contributed by atoms with Crippen LogP contribution in [-0.4, -0.2) is 50.6 Å². The summed E-state index contributed by atoms with van der Waals surface area (Å²) >= 11 is 0. The van der Waals surface area contributed by atoms with Gasteiger partial charge in [0.05, 0.1) is 0 Å². The lowest BCUT2D eigenvalue weighted by molar-refractivity contribution is 0.241. The quantitative estimate of drug-likeness (QED) is 0.647. The average Bonchev–Trinajstić information content (AvgIpc) is 1.95. The van der Waals surface area contributed by atoms with Crippen molar-refractivity contribution in [1.82, 2.24) is 9.80 Å². The molecular weight excluding hydrogens is 160 g/mol. The Kier molecular flexibility index (Phi) is 5.57. The minimum atomic E-state index is 0.465. The number of hydrogen-bond acceptors (Lipinski definition) is 2. The molecular formula is C11H26N2. The molecule has 0 aromatic rings. The van der Waals surface area contributed by atoms with Gasteiger partial charge in [-0.05, 0) is 39.5 Å². The van der Waals surface area contributed by atoms with Gasteiger partial charge in [0.15, 0.2) is 0 Å². The topological polar surface area (TPSA) is 6.48 Å². The van der Waals surface area contributed by atoms with E-state index in [9.17, 15) is 0 Å². The summed E-state index contributed by atoms with van der Waals surface area (Å²) in [6, 6.07) is 0. The van der Waals surface area contributed by atoms with Crippen molar-refractivity contribution in [3.05, 3.63) is 0 Å². The Morgan fingerprint density at radius 3 is 1.77 bits per heavy atom. The summed E-state index contributed by atoms with van der Waals surface area (Å²) in [5.41, 5.74) is 0.465. The largest absolute Gasteiger partial charge is 0.308 e. The summed E-state index contributed by atoms with van der Waals surface area (Å²) in [5, 5.41) is 0. The van der Waals surface area contributed by atoms with Gasteiger partial charge in [0.2, 0.25) is 0 Å². The number of nitrogens with zero attached hydrogens (tertiary/aromatic N) is 2. The van der Waals surface area contributed by atoms with Gasteiger partial charge >= 0.3 is 0 Å². The van der Waals surface area contributed by atoms with E-state index in [-0.39, 0.29) is 0 Å². The average molecular weight is 186 g/mol. The zero-order chi connectivity index (χ0) is 10.5. The fraction of sp³-hybridized carbons (Fsp3) is 1.00. The molecule has 2 heteroatoms. The molecule has 0 N–H and O–H groups in total. The van der Waals surface area contributed by atoms with Crippen LogP contribution in [0.2, 0.25) is 0 Å². The summed E-state index contributed by atoms with van der Waals surface area (Å²) in [7, 11) is 6.45. The maximum absolute atomic E-state index is 2.41. The molecule has 0 aliphatic rings. The van der Waals surface area contributed by atoms with Crippen molar-refractivity contribution in [2.24, 2.45) is 5.41 Å². The Hall–Kier alpha value is -0.0800. The van der Waals surface area contributed by atoms with Crippen LogP contribution in [-0.2, 0) is 0 Å². The monoisotopic (exact) mass is 186 g/mol. The van der Waals surface area contributed by atoms with E-state index < -0.39 is 0 Å². The summed E-state index contributed by atoms with van der Waals surface area (Å²) in [5.74, 6) is 0. The second kappa shape index (κ2) is 5.61. The third-order valence-electron chi connectivity index (χ3n) is 2.17. The minimum Gasteiger partial charge on any atom is -0.308 e. The number of hydrogen-bond donors (Lipinski definition) is 0. The molecule has 0 heterocycles. The van der Waals surface area contributed by atoms with E-state index in [4.69, 9.17) is 0 Å². The van der Waals surface area contributed by atoms with Crippen molar-refractivity contribution < 1.29 is 0 Å². The summed E-state index contributed by atoms with van der Waals surface area (Å²) in [6.07, 6.45) is 1.27. The van der Waals surface area contributed by atoms with Crippen molar-refractivity contribution in [3.8, 4) is 0 Å². The van der Waals surface area contributed by atoms with Crippen LogP contribution in [0.25, 0.3) is 0 Å². The van der Waals surface area contributed by atoms with Crippen LogP contribution < -0.4 is 0 Å². The molecule has 2 nitrogen and oxygen atoms in total. The summed E-state index contributed by atoms with van der Waals surface area (Å²) < 4.78 is 0. The van der Waals surface area contributed by atoms with E-state index in [1.54, 1.807) is 0 Å². The van der Waals surface area contributed by atoms with Crippen molar-refractivity contribution >= 4 is 0 Å². The van der Waals surface area contributed by atoms with Crippen LogP contribution in [0, 0.1) is 5.41 Å². The third kappa shape index (κ3) is 9.84.